The standard InChI is InChI=1S/C13H15N3OS/c1-2-9-3-5-10(6-4-9)11-8-18-13(15-11)16-12(17)7-14/h3-6,8H,2,7,14H2,1H3,(H,15,16,17). The van der Waals surface area contributed by atoms with Crippen molar-refractivity contribution in [2.45, 2.75) is 13.3 Å². The van der Waals surface area contributed by atoms with E-state index in [1.807, 2.05) is 17.5 Å². The molecule has 0 radical (unpaired) electrons. The van der Waals surface area contributed by atoms with Crippen LogP contribution in [0.5, 0.6) is 0 Å². The third-order valence-electron chi connectivity index (χ3n) is 2.59. The van der Waals surface area contributed by atoms with Crippen molar-refractivity contribution in [2.75, 3.05) is 11.9 Å². The predicted molar refractivity (Wildman–Crippen MR) is 74.6 cm³/mol. The maximum absolute atomic E-state index is 11.1. The van der Waals surface area contributed by atoms with Gasteiger partial charge in [-0.2, -0.15) is 0 Å². The molecule has 0 fully saturated rings. The number of benzene rings is 1. The number of hydrogen-bond donors (Lipinski definition) is 2. The van der Waals surface area contributed by atoms with Crippen molar-refractivity contribution < 1.29 is 4.79 Å². The lowest BCUT2D eigenvalue weighted by atomic mass is 10.1. The van der Waals surface area contributed by atoms with E-state index < -0.39 is 0 Å². The van der Waals surface area contributed by atoms with E-state index in [9.17, 15) is 4.79 Å². The van der Waals surface area contributed by atoms with Crippen molar-refractivity contribution in [3.8, 4) is 11.3 Å². The topological polar surface area (TPSA) is 68.0 Å². The summed E-state index contributed by atoms with van der Waals surface area (Å²) >= 11 is 1.40. The van der Waals surface area contributed by atoms with Crippen molar-refractivity contribution in [1.29, 1.82) is 0 Å². The summed E-state index contributed by atoms with van der Waals surface area (Å²) in [6.07, 6.45) is 1.02. The largest absolute Gasteiger partial charge is 0.322 e. The van der Waals surface area contributed by atoms with Crippen LogP contribution in [-0.4, -0.2) is 17.4 Å². The number of aromatic nitrogens is 1. The van der Waals surface area contributed by atoms with Gasteiger partial charge in [0.15, 0.2) is 5.13 Å². The number of nitrogens with two attached hydrogens (primary N) is 1. The molecule has 1 aromatic carbocycles. The molecule has 94 valence electrons. The first-order valence-electron chi connectivity index (χ1n) is 5.77. The molecule has 0 saturated heterocycles. The number of carbonyl (C=O) groups is 1. The van der Waals surface area contributed by atoms with Crippen molar-refractivity contribution in [2.24, 2.45) is 5.73 Å². The smallest absolute Gasteiger partial charge is 0.239 e. The molecule has 0 atom stereocenters. The van der Waals surface area contributed by atoms with Gasteiger partial charge in [0, 0.05) is 10.9 Å². The molecule has 2 rings (SSSR count). The van der Waals surface area contributed by atoms with Crippen molar-refractivity contribution in [1.82, 2.24) is 4.98 Å². The van der Waals surface area contributed by atoms with E-state index in [1.165, 1.54) is 16.9 Å². The second kappa shape index (κ2) is 5.75. The van der Waals surface area contributed by atoms with Crippen LogP contribution in [0.3, 0.4) is 0 Å². The average Bonchev–Trinajstić information content (AvgIpc) is 2.87. The summed E-state index contributed by atoms with van der Waals surface area (Å²) in [5, 5.41) is 5.15. The average molecular weight is 261 g/mol. The van der Waals surface area contributed by atoms with Gasteiger partial charge in [0.1, 0.15) is 0 Å². The normalized spacial score (nSPS) is 10.3. The maximum Gasteiger partial charge on any atom is 0.239 e. The minimum absolute atomic E-state index is 0.0277. The molecule has 0 unspecified atom stereocenters. The summed E-state index contributed by atoms with van der Waals surface area (Å²) in [4.78, 5) is 15.5. The molecule has 4 nitrogen and oxygen atoms in total. The summed E-state index contributed by atoms with van der Waals surface area (Å²) in [6.45, 7) is 2.10. The number of carbonyl (C=O) groups excluding carboxylic acids is 1. The van der Waals surface area contributed by atoms with Crippen LogP contribution >= 0.6 is 11.3 Å². The Morgan fingerprint density at radius 1 is 1.39 bits per heavy atom. The highest BCUT2D eigenvalue weighted by Crippen LogP contribution is 2.25. The second-order valence-electron chi connectivity index (χ2n) is 3.84. The molecule has 1 heterocycles. The van der Waals surface area contributed by atoms with E-state index in [0.29, 0.717) is 5.13 Å². The number of nitrogens with zero attached hydrogens (tertiary/aromatic N) is 1. The van der Waals surface area contributed by atoms with Crippen LogP contribution in [0.2, 0.25) is 0 Å². The minimum atomic E-state index is -0.225. The van der Waals surface area contributed by atoms with Crippen LogP contribution < -0.4 is 11.1 Å². The van der Waals surface area contributed by atoms with E-state index in [4.69, 9.17) is 5.73 Å². The molecule has 0 aliphatic heterocycles. The van der Waals surface area contributed by atoms with Crippen LogP contribution in [0.15, 0.2) is 29.6 Å². The van der Waals surface area contributed by atoms with Crippen molar-refractivity contribution in [3.05, 3.63) is 35.2 Å². The summed E-state index contributed by atoms with van der Waals surface area (Å²) < 4.78 is 0. The molecular weight excluding hydrogens is 246 g/mol. The monoisotopic (exact) mass is 261 g/mol. The highest BCUT2D eigenvalue weighted by molar-refractivity contribution is 7.14. The fraction of sp³-hybridized carbons (Fsp3) is 0.231. The highest BCUT2D eigenvalue weighted by Gasteiger charge is 2.06. The zero-order chi connectivity index (χ0) is 13.0. The Kier molecular flexibility index (Phi) is 4.07. The first-order valence-corrected chi connectivity index (χ1v) is 6.65. The van der Waals surface area contributed by atoms with Gasteiger partial charge in [0.2, 0.25) is 5.91 Å². The van der Waals surface area contributed by atoms with Crippen LogP contribution in [0.1, 0.15) is 12.5 Å². The Balaban J connectivity index is 2.15. The molecule has 18 heavy (non-hydrogen) atoms. The Labute approximate surface area is 110 Å². The van der Waals surface area contributed by atoms with Crippen molar-refractivity contribution >= 4 is 22.4 Å². The number of thiazole rings is 1. The van der Waals surface area contributed by atoms with Gasteiger partial charge in [-0.1, -0.05) is 31.2 Å². The summed E-state index contributed by atoms with van der Waals surface area (Å²) in [7, 11) is 0. The third-order valence-corrected chi connectivity index (χ3v) is 3.35. The van der Waals surface area contributed by atoms with E-state index in [2.05, 4.69) is 29.4 Å². The Bertz CT molecular complexity index is 533. The zero-order valence-corrected chi connectivity index (χ0v) is 11.0. The third kappa shape index (κ3) is 2.94. The number of hydrogen-bond acceptors (Lipinski definition) is 4. The van der Waals surface area contributed by atoms with Gasteiger partial charge in [0.25, 0.3) is 0 Å². The molecule has 2 aromatic rings. The number of anilines is 1. The number of nitrogens with one attached hydrogen (secondary N) is 1. The van der Waals surface area contributed by atoms with Crippen molar-refractivity contribution in [3.63, 3.8) is 0 Å². The molecular formula is C13H15N3OS. The van der Waals surface area contributed by atoms with E-state index in [0.717, 1.165) is 17.7 Å². The zero-order valence-electron chi connectivity index (χ0n) is 10.1. The lowest BCUT2D eigenvalue weighted by molar-refractivity contribution is -0.114. The van der Waals surface area contributed by atoms with E-state index in [1.54, 1.807) is 0 Å². The molecule has 5 heteroatoms. The van der Waals surface area contributed by atoms with E-state index >= 15 is 0 Å². The molecule has 1 aromatic heterocycles. The lowest BCUT2D eigenvalue weighted by Gasteiger charge is -1.99. The molecule has 1 amide bonds. The summed E-state index contributed by atoms with van der Waals surface area (Å²) in [6, 6.07) is 8.27. The highest BCUT2D eigenvalue weighted by atomic mass is 32.1. The van der Waals surface area contributed by atoms with Gasteiger partial charge in [0.05, 0.1) is 12.2 Å². The second-order valence-corrected chi connectivity index (χ2v) is 4.70. The van der Waals surface area contributed by atoms with Crippen LogP contribution in [0, 0.1) is 0 Å². The quantitative estimate of drug-likeness (QED) is 0.887. The Hall–Kier alpha value is -1.72. The minimum Gasteiger partial charge on any atom is -0.322 e. The predicted octanol–water partition coefficient (Wildman–Crippen LogP) is 2.27. The number of rotatable bonds is 4. The van der Waals surface area contributed by atoms with Gasteiger partial charge in [-0.25, -0.2) is 4.98 Å². The lowest BCUT2D eigenvalue weighted by Crippen LogP contribution is -2.21. The maximum atomic E-state index is 11.1. The number of amides is 1. The molecule has 0 saturated carbocycles. The van der Waals surface area contributed by atoms with Crippen LogP contribution in [0.25, 0.3) is 11.3 Å². The molecule has 0 spiro atoms. The van der Waals surface area contributed by atoms with Gasteiger partial charge < -0.3 is 11.1 Å². The summed E-state index contributed by atoms with van der Waals surface area (Å²) in [5.41, 5.74) is 8.45. The molecule has 3 N–H and O–H groups in total. The van der Waals surface area contributed by atoms with Gasteiger partial charge in [-0.3, -0.25) is 4.79 Å². The fourth-order valence-corrected chi connectivity index (χ4v) is 2.28. The Morgan fingerprint density at radius 3 is 2.72 bits per heavy atom. The fourth-order valence-electron chi connectivity index (χ4n) is 1.55. The molecule has 0 aliphatic rings. The van der Waals surface area contributed by atoms with Crippen LogP contribution in [-0.2, 0) is 11.2 Å². The first kappa shape index (κ1) is 12.7. The Morgan fingerprint density at radius 2 is 2.11 bits per heavy atom. The first-order chi connectivity index (χ1) is 8.72. The number of aryl methyl sites for hydroxylation is 1. The summed E-state index contributed by atoms with van der Waals surface area (Å²) in [5.74, 6) is -0.225. The molecule has 0 aliphatic carbocycles. The van der Waals surface area contributed by atoms with Gasteiger partial charge >= 0.3 is 0 Å². The van der Waals surface area contributed by atoms with E-state index in [-0.39, 0.29) is 12.5 Å². The SMILES string of the molecule is CCc1ccc(-c2csc(NC(=O)CN)n2)cc1. The molecule has 0 bridgehead atoms. The van der Waals surface area contributed by atoms with Gasteiger partial charge in [-0.05, 0) is 12.0 Å². The van der Waals surface area contributed by atoms with Crippen LogP contribution in [0.4, 0.5) is 5.13 Å². The van der Waals surface area contributed by atoms with Gasteiger partial charge in [-0.15, -0.1) is 11.3 Å².